The number of aryl methyl sites for hydroxylation is 1. The molecule has 0 heterocycles. The molecule has 2 amide bonds. The molecule has 2 aromatic carbocycles. The molecule has 1 atom stereocenters. The van der Waals surface area contributed by atoms with E-state index in [9.17, 15) is 9.59 Å². The molecule has 2 aromatic rings. The van der Waals surface area contributed by atoms with Gasteiger partial charge in [-0.2, -0.15) is 0 Å². The zero-order valence-corrected chi connectivity index (χ0v) is 19.8. The Morgan fingerprint density at radius 2 is 1.74 bits per heavy atom. The molecular weight excluding hydrogens is 412 g/mol. The van der Waals surface area contributed by atoms with Crippen LogP contribution in [0, 0.1) is 6.92 Å². The average molecular weight is 445 g/mol. The highest BCUT2D eigenvalue weighted by Gasteiger charge is 2.28. The Balaban J connectivity index is 2.03. The lowest BCUT2D eigenvalue weighted by atomic mass is 10.1. The third kappa shape index (κ3) is 8.25. The lowest BCUT2D eigenvalue weighted by Gasteiger charge is -2.31. The second-order valence-corrected chi connectivity index (χ2v) is 9.20. The van der Waals surface area contributed by atoms with Crippen LogP contribution in [0.3, 0.4) is 0 Å². The Hall–Kier alpha value is -2.53. The van der Waals surface area contributed by atoms with E-state index < -0.39 is 6.04 Å². The number of hydrogen-bond acceptors (Lipinski definition) is 3. The molecule has 0 aliphatic heterocycles. The number of nitrogens with zero attached hydrogens (tertiary/aromatic N) is 1. The molecule has 0 aromatic heterocycles. The van der Waals surface area contributed by atoms with Crippen LogP contribution in [0.4, 0.5) is 0 Å². The average Bonchev–Trinajstić information content (AvgIpc) is 2.70. The number of halogens is 1. The monoisotopic (exact) mass is 444 g/mol. The summed E-state index contributed by atoms with van der Waals surface area (Å²) >= 11 is 6.31. The van der Waals surface area contributed by atoms with Gasteiger partial charge in [0.2, 0.25) is 11.8 Å². The molecule has 0 saturated heterocycles. The summed E-state index contributed by atoms with van der Waals surface area (Å²) in [7, 11) is 0. The van der Waals surface area contributed by atoms with Crippen molar-refractivity contribution in [1.82, 2.24) is 10.2 Å². The second-order valence-electron chi connectivity index (χ2n) is 8.79. The van der Waals surface area contributed by atoms with Crippen LogP contribution in [0.5, 0.6) is 5.75 Å². The topological polar surface area (TPSA) is 58.6 Å². The first kappa shape index (κ1) is 24.7. The van der Waals surface area contributed by atoms with E-state index in [2.05, 4.69) is 5.32 Å². The van der Waals surface area contributed by atoms with Gasteiger partial charge in [0.15, 0.2) is 0 Å². The smallest absolute Gasteiger partial charge is 0.242 e. The Kier molecular flexibility index (Phi) is 8.93. The summed E-state index contributed by atoms with van der Waals surface area (Å²) in [4.78, 5) is 27.4. The van der Waals surface area contributed by atoms with E-state index in [0.29, 0.717) is 18.1 Å². The minimum absolute atomic E-state index is 0.107. The molecule has 0 spiro atoms. The normalized spacial score (nSPS) is 12.2. The van der Waals surface area contributed by atoms with Crippen molar-refractivity contribution >= 4 is 23.4 Å². The van der Waals surface area contributed by atoms with Gasteiger partial charge in [0.1, 0.15) is 11.8 Å². The molecule has 0 radical (unpaired) electrons. The van der Waals surface area contributed by atoms with Gasteiger partial charge >= 0.3 is 0 Å². The maximum atomic E-state index is 13.1. The summed E-state index contributed by atoms with van der Waals surface area (Å²) in [6.45, 7) is 10.2. The van der Waals surface area contributed by atoms with Gasteiger partial charge in [0.05, 0.1) is 6.61 Å². The molecule has 0 aliphatic rings. The molecule has 0 unspecified atom stereocenters. The van der Waals surface area contributed by atoms with E-state index >= 15 is 0 Å². The van der Waals surface area contributed by atoms with Gasteiger partial charge in [-0.25, -0.2) is 0 Å². The molecule has 0 aliphatic carbocycles. The molecule has 2 rings (SSSR count). The Morgan fingerprint density at radius 3 is 2.35 bits per heavy atom. The SMILES string of the molecule is Cc1ccc(OCCCC(=O)N(Cc2ccccc2Cl)[C@@H](C)C(=O)NC(C)(C)C)cc1. The van der Waals surface area contributed by atoms with E-state index in [1.807, 2.05) is 70.2 Å². The standard InChI is InChI=1S/C25H33ClN2O3/c1-18-12-14-21(15-13-18)31-16-8-11-23(29)28(17-20-9-6-7-10-22(20)26)19(2)24(30)27-25(3,4)5/h6-7,9-10,12-15,19H,8,11,16-17H2,1-5H3,(H,27,30)/t19-/m0/s1. The van der Waals surface area contributed by atoms with Gasteiger partial charge in [0, 0.05) is 23.5 Å². The zero-order valence-electron chi connectivity index (χ0n) is 19.1. The fraction of sp³-hybridized carbons (Fsp3) is 0.440. The second kappa shape index (κ2) is 11.2. The summed E-state index contributed by atoms with van der Waals surface area (Å²) in [5.41, 5.74) is 1.59. The highest BCUT2D eigenvalue weighted by molar-refractivity contribution is 6.31. The quantitative estimate of drug-likeness (QED) is 0.545. The number of carbonyl (C=O) groups excluding carboxylic acids is 2. The van der Waals surface area contributed by atoms with Gasteiger partial charge in [-0.1, -0.05) is 47.5 Å². The van der Waals surface area contributed by atoms with Gasteiger partial charge in [-0.15, -0.1) is 0 Å². The molecule has 168 valence electrons. The van der Waals surface area contributed by atoms with Gasteiger partial charge in [0.25, 0.3) is 0 Å². The van der Waals surface area contributed by atoms with Crippen LogP contribution in [0.25, 0.3) is 0 Å². The van der Waals surface area contributed by atoms with Crippen LogP contribution in [-0.4, -0.2) is 34.9 Å². The molecular formula is C25H33ClN2O3. The highest BCUT2D eigenvalue weighted by atomic mass is 35.5. The van der Waals surface area contributed by atoms with Crippen molar-refractivity contribution in [3.05, 3.63) is 64.7 Å². The number of nitrogens with one attached hydrogen (secondary N) is 1. The summed E-state index contributed by atoms with van der Waals surface area (Å²) in [6.07, 6.45) is 0.836. The van der Waals surface area contributed by atoms with Crippen LogP contribution >= 0.6 is 11.6 Å². The molecule has 5 nitrogen and oxygen atoms in total. The van der Waals surface area contributed by atoms with Crippen LogP contribution in [0.15, 0.2) is 48.5 Å². The summed E-state index contributed by atoms with van der Waals surface area (Å²) in [6, 6.07) is 14.6. The Labute approximate surface area is 190 Å². The maximum Gasteiger partial charge on any atom is 0.242 e. The Morgan fingerprint density at radius 1 is 1.10 bits per heavy atom. The highest BCUT2D eigenvalue weighted by Crippen LogP contribution is 2.20. The zero-order chi connectivity index (χ0) is 23.0. The van der Waals surface area contributed by atoms with Gasteiger partial charge in [-0.3, -0.25) is 9.59 Å². The Bertz CT molecular complexity index is 875. The van der Waals surface area contributed by atoms with E-state index in [1.54, 1.807) is 17.9 Å². The molecule has 31 heavy (non-hydrogen) atoms. The molecule has 0 saturated carbocycles. The van der Waals surface area contributed by atoms with Crippen LogP contribution in [0.1, 0.15) is 51.7 Å². The fourth-order valence-corrected chi connectivity index (χ4v) is 3.25. The van der Waals surface area contributed by atoms with Crippen molar-refractivity contribution in [3.63, 3.8) is 0 Å². The van der Waals surface area contributed by atoms with Crippen molar-refractivity contribution in [3.8, 4) is 5.75 Å². The predicted octanol–water partition coefficient (Wildman–Crippen LogP) is 5.14. The molecule has 0 fully saturated rings. The number of ether oxygens (including phenoxy) is 1. The van der Waals surface area contributed by atoms with Crippen molar-refractivity contribution in [1.29, 1.82) is 0 Å². The number of rotatable bonds is 9. The van der Waals surface area contributed by atoms with E-state index in [4.69, 9.17) is 16.3 Å². The summed E-state index contributed by atoms with van der Waals surface area (Å²) < 4.78 is 5.73. The lowest BCUT2D eigenvalue weighted by molar-refractivity contribution is -0.141. The number of amides is 2. The molecule has 6 heteroatoms. The minimum atomic E-state index is -0.624. The van der Waals surface area contributed by atoms with Crippen LogP contribution < -0.4 is 10.1 Å². The van der Waals surface area contributed by atoms with E-state index in [-0.39, 0.29) is 30.3 Å². The number of carbonyl (C=O) groups is 2. The molecule has 0 bridgehead atoms. The first-order chi connectivity index (χ1) is 14.6. The third-order valence-corrected chi connectivity index (χ3v) is 5.16. The summed E-state index contributed by atoms with van der Waals surface area (Å²) in [5.74, 6) is 0.483. The van der Waals surface area contributed by atoms with Gasteiger partial charge < -0.3 is 15.0 Å². The van der Waals surface area contributed by atoms with E-state index in [1.165, 1.54) is 5.56 Å². The van der Waals surface area contributed by atoms with Crippen LogP contribution in [0.2, 0.25) is 5.02 Å². The molecule has 1 N–H and O–H groups in total. The number of hydrogen-bond donors (Lipinski definition) is 1. The fourth-order valence-electron chi connectivity index (χ4n) is 3.06. The predicted molar refractivity (Wildman–Crippen MR) is 125 cm³/mol. The van der Waals surface area contributed by atoms with Crippen molar-refractivity contribution in [2.24, 2.45) is 0 Å². The lowest BCUT2D eigenvalue weighted by Crippen LogP contribution is -2.52. The largest absolute Gasteiger partial charge is 0.494 e. The van der Waals surface area contributed by atoms with Crippen LogP contribution in [-0.2, 0) is 16.1 Å². The first-order valence-electron chi connectivity index (χ1n) is 10.6. The third-order valence-electron chi connectivity index (χ3n) is 4.79. The van der Waals surface area contributed by atoms with Crippen molar-refractivity contribution < 1.29 is 14.3 Å². The number of benzene rings is 2. The van der Waals surface area contributed by atoms with Crippen molar-refractivity contribution in [2.75, 3.05) is 6.61 Å². The summed E-state index contributed by atoms with van der Waals surface area (Å²) in [5, 5.41) is 3.53. The first-order valence-corrected chi connectivity index (χ1v) is 11.0. The van der Waals surface area contributed by atoms with E-state index in [0.717, 1.165) is 11.3 Å². The maximum absolute atomic E-state index is 13.1. The minimum Gasteiger partial charge on any atom is -0.494 e. The van der Waals surface area contributed by atoms with Crippen molar-refractivity contribution in [2.45, 2.75) is 65.6 Å². The van der Waals surface area contributed by atoms with Gasteiger partial charge in [-0.05, 0) is 64.8 Å².